The van der Waals surface area contributed by atoms with Crippen molar-refractivity contribution >= 4 is 28.5 Å². The van der Waals surface area contributed by atoms with E-state index in [1.54, 1.807) is 30.5 Å². The highest BCUT2D eigenvalue weighted by atomic mass is 32.2. The molecule has 10 heteroatoms. The van der Waals surface area contributed by atoms with E-state index in [2.05, 4.69) is 10.1 Å². The van der Waals surface area contributed by atoms with E-state index in [-0.39, 0.29) is 22.9 Å². The molecule has 2 aromatic carbocycles. The number of hydrazone groups is 1. The van der Waals surface area contributed by atoms with Crippen LogP contribution in [0.15, 0.2) is 58.6 Å². The lowest BCUT2D eigenvalue weighted by Crippen LogP contribution is -2.45. The van der Waals surface area contributed by atoms with Gasteiger partial charge in [0.2, 0.25) is 6.19 Å². The number of nitrogens with two attached hydrogens (primary N) is 1. The fourth-order valence-electron chi connectivity index (χ4n) is 3.38. The van der Waals surface area contributed by atoms with Crippen LogP contribution in [-0.4, -0.2) is 33.0 Å². The number of rotatable bonds is 7. The zero-order chi connectivity index (χ0) is 23.3. The second kappa shape index (κ2) is 9.89. The molecule has 1 aliphatic heterocycles. The molecule has 3 N–H and O–H groups in total. The normalized spacial score (nSPS) is 19.4. The van der Waals surface area contributed by atoms with Crippen LogP contribution in [0.1, 0.15) is 37.3 Å². The Balaban J connectivity index is 2.09. The number of nitriles is 1. The van der Waals surface area contributed by atoms with E-state index in [9.17, 15) is 18.7 Å². The van der Waals surface area contributed by atoms with Gasteiger partial charge in [-0.1, -0.05) is 42.1 Å². The van der Waals surface area contributed by atoms with Gasteiger partial charge in [-0.3, -0.25) is 4.79 Å². The number of hydrogen-bond donors (Lipinski definition) is 2. The van der Waals surface area contributed by atoms with Crippen molar-refractivity contribution in [3.8, 4) is 6.19 Å². The van der Waals surface area contributed by atoms with E-state index in [1.165, 1.54) is 6.92 Å². The summed E-state index contributed by atoms with van der Waals surface area (Å²) in [5, 5.41) is 24.3. The second-order valence-electron chi connectivity index (χ2n) is 7.16. The Bertz CT molecular complexity index is 1100. The summed E-state index contributed by atoms with van der Waals surface area (Å²) in [7, 11) is 0. The predicted molar refractivity (Wildman–Crippen MR) is 118 cm³/mol. The van der Waals surface area contributed by atoms with Crippen molar-refractivity contribution in [2.45, 2.75) is 37.2 Å². The molecule has 2 atom stereocenters. The Hall–Kier alpha value is -3.29. The average molecular weight is 458 g/mol. The summed E-state index contributed by atoms with van der Waals surface area (Å²) in [4.78, 5) is 15.3. The quantitative estimate of drug-likeness (QED) is 0.375. The Labute approximate surface area is 188 Å². The van der Waals surface area contributed by atoms with Crippen LogP contribution in [0, 0.1) is 23.1 Å². The van der Waals surface area contributed by atoms with Gasteiger partial charge < -0.3 is 10.8 Å². The number of amides is 1. The van der Waals surface area contributed by atoms with E-state index < -0.39 is 28.5 Å². The first-order valence-electron chi connectivity index (χ1n) is 9.80. The van der Waals surface area contributed by atoms with Crippen molar-refractivity contribution in [1.82, 2.24) is 5.01 Å². The van der Waals surface area contributed by atoms with Gasteiger partial charge in [-0.15, -0.1) is 0 Å². The Morgan fingerprint density at radius 2 is 2.06 bits per heavy atom. The summed E-state index contributed by atoms with van der Waals surface area (Å²) < 4.78 is 28.4. The van der Waals surface area contributed by atoms with Crippen molar-refractivity contribution in [1.29, 1.82) is 5.26 Å². The van der Waals surface area contributed by atoms with Gasteiger partial charge >= 0.3 is 0 Å². The molecule has 1 unspecified atom stereocenters. The van der Waals surface area contributed by atoms with E-state index >= 15 is 0 Å². The van der Waals surface area contributed by atoms with Crippen LogP contribution in [0.2, 0.25) is 0 Å². The molecule has 7 nitrogen and oxygen atoms in total. The minimum atomic E-state index is -1.37. The molecule has 1 amide bonds. The van der Waals surface area contributed by atoms with Gasteiger partial charge in [0, 0.05) is 12.0 Å². The van der Waals surface area contributed by atoms with Gasteiger partial charge in [0.15, 0.2) is 0 Å². The third-order valence-electron chi connectivity index (χ3n) is 4.89. The molecule has 0 saturated heterocycles. The predicted octanol–water partition coefficient (Wildman–Crippen LogP) is 3.44. The van der Waals surface area contributed by atoms with Gasteiger partial charge in [0.25, 0.3) is 5.91 Å². The average Bonchev–Trinajstić information content (AvgIpc) is 3.16. The molecule has 2 aromatic rings. The molecule has 3 rings (SSSR count). The first kappa shape index (κ1) is 23.4. The van der Waals surface area contributed by atoms with Crippen molar-refractivity contribution in [3.63, 3.8) is 0 Å². The van der Waals surface area contributed by atoms with Crippen molar-refractivity contribution in [2.24, 2.45) is 15.8 Å². The van der Waals surface area contributed by atoms with Crippen LogP contribution in [-0.2, 0) is 9.67 Å². The highest BCUT2D eigenvalue weighted by molar-refractivity contribution is 8.15. The molecular formula is C22H21F2N5O2S. The number of amidine groups is 1. The van der Waals surface area contributed by atoms with Crippen molar-refractivity contribution < 1.29 is 18.7 Å². The fourth-order valence-corrected chi connectivity index (χ4v) is 4.81. The van der Waals surface area contributed by atoms with Gasteiger partial charge in [-0.2, -0.15) is 15.4 Å². The van der Waals surface area contributed by atoms with Crippen LogP contribution in [0.4, 0.5) is 8.78 Å². The Morgan fingerprint density at radius 1 is 1.34 bits per heavy atom. The largest absolute Gasteiger partial charge is 0.386 e. The third kappa shape index (κ3) is 4.79. The molecule has 32 heavy (non-hydrogen) atoms. The number of carbonyl (C=O) groups excluding carboxylic acids is 1. The van der Waals surface area contributed by atoms with Crippen LogP contribution < -0.4 is 5.73 Å². The van der Waals surface area contributed by atoms with Gasteiger partial charge in [-0.05, 0) is 43.5 Å². The molecular weight excluding hydrogens is 436 g/mol. The van der Waals surface area contributed by atoms with E-state index in [0.29, 0.717) is 18.4 Å². The number of hydrogen-bond acceptors (Lipinski definition) is 6. The molecule has 0 radical (unpaired) electrons. The lowest BCUT2D eigenvalue weighted by atomic mass is 9.98. The summed E-state index contributed by atoms with van der Waals surface area (Å²) in [5.41, 5.74) is 6.33. The number of benzene rings is 2. The number of carbonyl (C=O) groups is 1. The maximum atomic E-state index is 14.5. The molecule has 0 fully saturated rings. The first-order valence-corrected chi connectivity index (χ1v) is 10.6. The number of aliphatic imine (C=N–C) groups is 1. The highest BCUT2D eigenvalue weighted by Gasteiger charge is 2.49. The highest BCUT2D eigenvalue weighted by Crippen LogP contribution is 2.51. The number of nitrogens with zero attached hydrogens (tertiary/aromatic N) is 4. The topological polar surface area (TPSA) is 115 Å². The second-order valence-corrected chi connectivity index (χ2v) is 8.43. The molecule has 0 aromatic heterocycles. The molecule has 1 heterocycles. The summed E-state index contributed by atoms with van der Waals surface area (Å²) in [6.45, 7) is 1.32. The number of aliphatic hydroxyl groups is 1. The smallest absolute Gasteiger partial charge is 0.272 e. The summed E-state index contributed by atoms with van der Waals surface area (Å²) in [6, 6.07) is 12.0. The van der Waals surface area contributed by atoms with Crippen LogP contribution in [0.5, 0.6) is 0 Å². The maximum absolute atomic E-state index is 14.5. The zero-order valence-corrected chi connectivity index (χ0v) is 18.0. The molecule has 0 aliphatic carbocycles. The van der Waals surface area contributed by atoms with Crippen LogP contribution in [0.3, 0.4) is 0 Å². The number of halogens is 2. The molecule has 0 spiro atoms. The fraction of sp³-hybridized carbons (Fsp3) is 0.273. The lowest BCUT2D eigenvalue weighted by Gasteiger charge is -2.36. The maximum Gasteiger partial charge on any atom is 0.272 e. The summed E-state index contributed by atoms with van der Waals surface area (Å²) in [6.07, 6.45) is 1.25. The Kier molecular flexibility index (Phi) is 7.22. The monoisotopic (exact) mass is 457 g/mol. The van der Waals surface area contributed by atoms with E-state index in [4.69, 9.17) is 11.0 Å². The first-order chi connectivity index (χ1) is 15.3. The standard InChI is InChI=1S/C22H21F2N5O2S/c1-14(30)21(31)29-22(15-6-3-2-4-7-15,11-5-8-19(26)27-13-25)32-20(28-29)17-12-16(23)9-10-18(17)24/h2-4,6-7,9-10,12,14,30H,5,8,11H2,1H3,(H2,26,27)/t14-,22?/m0/s1. The van der Waals surface area contributed by atoms with Gasteiger partial charge in [-0.25, -0.2) is 13.8 Å². The SMILES string of the molecule is C[C@H](O)C(=O)N1N=C(c2cc(F)ccc2F)SC1(CCC/C(N)=N/C#N)c1ccccc1. The Morgan fingerprint density at radius 3 is 2.72 bits per heavy atom. The summed E-state index contributed by atoms with van der Waals surface area (Å²) in [5.74, 6) is -1.87. The van der Waals surface area contributed by atoms with E-state index in [0.717, 1.165) is 35.0 Å². The molecule has 166 valence electrons. The van der Waals surface area contributed by atoms with Crippen LogP contribution in [0.25, 0.3) is 0 Å². The molecule has 0 saturated carbocycles. The summed E-state index contributed by atoms with van der Waals surface area (Å²) >= 11 is 1.10. The molecule has 1 aliphatic rings. The zero-order valence-electron chi connectivity index (χ0n) is 17.2. The number of aliphatic hydroxyl groups excluding tert-OH is 1. The number of thioether (sulfide) groups is 1. The lowest BCUT2D eigenvalue weighted by molar-refractivity contribution is -0.143. The minimum Gasteiger partial charge on any atom is -0.386 e. The third-order valence-corrected chi connectivity index (χ3v) is 6.34. The van der Waals surface area contributed by atoms with E-state index in [1.807, 2.05) is 6.07 Å². The molecule has 0 bridgehead atoms. The van der Waals surface area contributed by atoms with Crippen molar-refractivity contribution in [3.05, 3.63) is 71.3 Å². The van der Waals surface area contributed by atoms with Gasteiger partial charge in [0.1, 0.15) is 33.5 Å². The minimum absolute atomic E-state index is 0.0817. The van der Waals surface area contributed by atoms with Crippen LogP contribution >= 0.6 is 11.8 Å². The van der Waals surface area contributed by atoms with Gasteiger partial charge in [0.05, 0.1) is 0 Å². The van der Waals surface area contributed by atoms with Crippen molar-refractivity contribution in [2.75, 3.05) is 0 Å².